The second kappa shape index (κ2) is 7.52. The quantitative estimate of drug-likeness (QED) is 0.619. The third-order valence-corrected chi connectivity index (χ3v) is 4.84. The van der Waals surface area contributed by atoms with Gasteiger partial charge in [-0.3, -0.25) is 0 Å². The van der Waals surface area contributed by atoms with Gasteiger partial charge in [-0.25, -0.2) is 0 Å². The molecule has 1 atom stereocenters. The number of carboxylic acid groups (broad SMARTS) is 1. The van der Waals surface area contributed by atoms with Crippen LogP contribution in [0.4, 0.5) is 0 Å². The van der Waals surface area contributed by atoms with Crippen LogP contribution in [0.25, 0.3) is 0 Å². The summed E-state index contributed by atoms with van der Waals surface area (Å²) in [7, 11) is 0. The van der Waals surface area contributed by atoms with Gasteiger partial charge in [0.05, 0.1) is 0 Å². The molecule has 1 rings (SSSR count). The van der Waals surface area contributed by atoms with Gasteiger partial charge in [0.25, 0.3) is 0 Å². The molecule has 0 heterocycles. The number of halogens is 1. The van der Waals surface area contributed by atoms with Crippen LogP contribution in [0.1, 0.15) is 18.4 Å². The van der Waals surface area contributed by atoms with Gasteiger partial charge in [-0.05, 0) is 0 Å². The van der Waals surface area contributed by atoms with E-state index in [1.165, 1.54) is 0 Å². The fourth-order valence-electron chi connectivity index (χ4n) is 1.36. The molecule has 3 nitrogen and oxygen atoms in total. The summed E-state index contributed by atoms with van der Waals surface area (Å²) in [5.41, 5.74) is 0.935. The molecule has 0 saturated heterocycles. The van der Waals surface area contributed by atoms with Gasteiger partial charge in [0.1, 0.15) is 0 Å². The average Bonchev–Trinajstić information content (AvgIpc) is 2.24. The van der Waals surface area contributed by atoms with Crippen molar-refractivity contribution in [3.05, 3.63) is 34.9 Å². The number of rotatable bonds is 7. The van der Waals surface area contributed by atoms with Crippen LogP contribution in [-0.2, 0) is 16.0 Å². The van der Waals surface area contributed by atoms with Crippen molar-refractivity contribution >= 4 is 37.9 Å². The van der Waals surface area contributed by atoms with Crippen molar-refractivity contribution < 1.29 is 14.7 Å². The third-order valence-electron chi connectivity index (χ3n) is 2.14. The number of hydrogen-bond acceptors (Lipinski definition) is 2. The fourth-order valence-corrected chi connectivity index (χ4v) is 3.59. The van der Waals surface area contributed by atoms with Gasteiger partial charge < -0.3 is 0 Å². The summed E-state index contributed by atoms with van der Waals surface area (Å²) >= 11 is 5.14. The predicted molar refractivity (Wildman–Crippen MR) is 69.0 cm³/mol. The van der Waals surface area contributed by atoms with E-state index >= 15 is 0 Å². The Balaban J connectivity index is 2.27. The molecule has 92 valence electrons. The maximum absolute atomic E-state index is 11.6. The molecule has 0 amide bonds. The van der Waals surface area contributed by atoms with Gasteiger partial charge >= 0.3 is 112 Å². The molecule has 1 N–H and O–H groups in total. The van der Waals surface area contributed by atoms with Crippen molar-refractivity contribution in [2.24, 2.45) is 0 Å². The summed E-state index contributed by atoms with van der Waals surface area (Å²) in [6.07, 6.45) is 1.19. The van der Waals surface area contributed by atoms with Crippen LogP contribution in [0, 0.1) is 0 Å². The number of benzene rings is 1. The minimum absolute atomic E-state index is 0.161. The summed E-state index contributed by atoms with van der Waals surface area (Å²) in [5, 5.41) is 9.85. The Hall–Kier alpha value is -0.792. The van der Waals surface area contributed by atoms with E-state index in [4.69, 9.17) is 16.7 Å². The van der Waals surface area contributed by atoms with Crippen LogP contribution in [0.5, 0.6) is 0 Å². The minimum atomic E-state index is -0.793. The molecule has 1 aromatic carbocycles. The van der Waals surface area contributed by atoms with Gasteiger partial charge in [-0.2, -0.15) is 0 Å². The first-order valence-corrected chi connectivity index (χ1v) is 8.22. The zero-order chi connectivity index (χ0) is 12.7. The summed E-state index contributed by atoms with van der Waals surface area (Å²) in [6, 6.07) is 7.28. The zero-order valence-electron chi connectivity index (χ0n) is 9.28. The van der Waals surface area contributed by atoms with E-state index in [0.717, 1.165) is 10.8 Å². The van der Waals surface area contributed by atoms with Crippen LogP contribution in [0.2, 0.25) is 10.2 Å². The van der Waals surface area contributed by atoms with Gasteiger partial charge in [0.2, 0.25) is 0 Å². The van der Waals surface area contributed by atoms with Crippen LogP contribution >= 0.6 is 11.6 Å². The predicted octanol–water partition coefficient (Wildman–Crippen LogP) is 2.13. The second-order valence-electron chi connectivity index (χ2n) is 3.65. The monoisotopic (exact) mass is 316 g/mol. The van der Waals surface area contributed by atoms with E-state index in [0.29, 0.717) is 17.9 Å². The van der Waals surface area contributed by atoms with Crippen molar-refractivity contribution in [1.82, 2.24) is 0 Å². The first-order chi connectivity index (χ1) is 8.08. The average molecular weight is 317 g/mol. The van der Waals surface area contributed by atoms with Gasteiger partial charge in [0, 0.05) is 0 Å². The zero-order valence-corrected chi connectivity index (χ0v) is 12.1. The molecule has 1 aromatic rings. The number of hydrogen-bond donors (Lipinski definition) is 1. The summed E-state index contributed by atoms with van der Waals surface area (Å²) in [6.45, 7) is 0. The Morgan fingerprint density at radius 2 is 2.12 bits per heavy atom. The number of carboxylic acids is 1. The van der Waals surface area contributed by atoms with E-state index in [9.17, 15) is 9.59 Å². The van der Waals surface area contributed by atoms with Crippen molar-refractivity contribution in [3.8, 4) is 0 Å². The molecular formula is C12H14AsClO3. The first kappa shape index (κ1) is 14.3. The van der Waals surface area contributed by atoms with Crippen molar-refractivity contribution in [3.63, 3.8) is 0 Å². The van der Waals surface area contributed by atoms with Crippen molar-refractivity contribution in [1.29, 1.82) is 0 Å². The molecule has 0 fully saturated rings. The van der Waals surface area contributed by atoms with Crippen LogP contribution in [-0.4, -0.2) is 31.4 Å². The molecule has 5 heteroatoms. The van der Waals surface area contributed by atoms with E-state index in [-0.39, 0.29) is 11.0 Å². The van der Waals surface area contributed by atoms with E-state index in [1.807, 2.05) is 12.1 Å². The van der Waals surface area contributed by atoms with Gasteiger partial charge in [0.15, 0.2) is 0 Å². The molecule has 0 spiro atoms. The normalized spacial score (nSPS) is 10.9. The number of carbonyl (C=O) groups is 2. The van der Waals surface area contributed by atoms with Crippen LogP contribution in [0.15, 0.2) is 24.3 Å². The summed E-state index contributed by atoms with van der Waals surface area (Å²) in [5.74, 6) is -0.793. The molecule has 0 aromatic heterocycles. The van der Waals surface area contributed by atoms with Crippen molar-refractivity contribution in [2.45, 2.75) is 24.5 Å². The van der Waals surface area contributed by atoms with E-state index in [1.54, 1.807) is 12.1 Å². The Bertz CT molecular complexity index is 406. The Kier molecular flexibility index (Phi) is 6.31. The molecule has 0 saturated carbocycles. The molecule has 0 bridgehead atoms. The molecule has 1 unspecified atom stereocenters. The Morgan fingerprint density at radius 1 is 1.35 bits per heavy atom. The van der Waals surface area contributed by atoms with Crippen LogP contribution in [0.3, 0.4) is 0 Å². The van der Waals surface area contributed by atoms with E-state index in [2.05, 4.69) is 0 Å². The third kappa shape index (κ3) is 6.50. The standard InChI is InChI=1S/C12H14AsClO3/c14-10-4-1-3-9(7-10)8-11(15)13-6-2-5-12(16)17/h1,3-4,7,13H,2,5-6,8H2,(H,16,17). The topological polar surface area (TPSA) is 54.4 Å². The molecule has 0 aliphatic heterocycles. The van der Waals surface area contributed by atoms with Gasteiger partial charge in [-0.1, -0.05) is 0 Å². The summed E-state index contributed by atoms with van der Waals surface area (Å²) in [4.78, 5) is 21.9. The molecule has 17 heavy (non-hydrogen) atoms. The number of aliphatic carboxylic acids is 1. The van der Waals surface area contributed by atoms with Gasteiger partial charge in [-0.15, -0.1) is 0 Å². The van der Waals surface area contributed by atoms with Crippen molar-refractivity contribution in [2.75, 3.05) is 0 Å². The van der Waals surface area contributed by atoms with E-state index < -0.39 is 21.7 Å². The molecule has 0 aliphatic carbocycles. The second-order valence-corrected chi connectivity index (χ2v) is 7.05. The fraction of sp³-hybridized carbons (Fsp3) is 0.333. The SMILES string of the molecule is O=C(O)CCC[AsH]C(=O)Cc1cccc(Cl)c1. The molecule has 0 aliphatic rings. The Labute approximate surface area is 112 Å². The maximum atomic E-state index is 11.6. The van der Waals surface area contributed by atoms with Crippen LogP contribution < -0.4 is 0 Å². The number of carbonyl (C=O) groups excluding carboxylic acids is 1. The molecule has 0 radical (unpaired) electrons. The molecular weight excluding hydrogens is 303 g/mol. The summed E-state index contributed by atoms with van der Waals surface area (Å²) < 4.78 is 0.248. The Morgan fingerprint density at radius 3 is 2.76 bits per heavy atom. The first-order valence-electron chi connectivity index (χ1n) is 5.31.